The van der Waals surface area contributed by atoms with Crippen molar-refractivity contribution in [1.82, 2.24) is 29.8 Å². The zero-order valence-electron chi connectivity index (χ0n) is 19.4. The first-order valence-electron chi connectivity index (χ1n) is 11.1. The summed E-state index contributed by atoms with van der Waals surface area (Å²) in [7, 11) is 0. The standard InChI is InChI=1S/C23H27N7O2S2/c1-23(2,3)11-25-5-4-7-30-20-18(19(24)27-12-28-20)29-22(30)34-17-10-16-15(31-13-32-16)9-14(17)21-26-6-8-33-21/h6,8-10,12,25H,4-5,7,11,13H2,1-3H3,(H2,24,27,28). The van der Waals surface area contributed by atoms with Gasteiger partial charge in [0, 0.05) is 28.6 Å². The first-order chi connectivity index (χ1) is 16.4. The number of aryl methyl sites for hydroxylation is 1. The lowest BCUT2D eigenvalue weighted by atomic mass is 9.97. The highest BCUT2D eigenvalue weighted by atomic mass is 32.2. The van der Waals surface area contributed by atoms with Crippen molar-refractivity contribution in [2.24, 2.45) is 5.41 Å². The van der Waals surface area contributed by atoms with Crippen molar-refractivity contribution >= 4 is 40.1 Å². The van der Waals surface area contributed by atoms with Crippen LogP contribution in [0.15, 0.2) is 40.1 Å². The summed E-state index contributed by atoms with van der Waals surface area (Å²) in [5.74, 6) is 1.82. The molecule has 178 valence electrons. The summed E-state index contributed by atoms with van der Waals surface area (Å²) in [5, 5.41) is 7.21. The third-order valence-electron chi connectivity index (χ3n) is 5.25. The van der Waals surface area contributed by atoms with E-state index in [9.17, 15) is 0 Å². The molecule has 34 heavy (non-hydrogen) atoms. The molecule has 11 heteroatoms. The number of thiazole rings is 1. The molecule has 1 aliphatic rings. The molecule has 4 heterocycles. The summed E-state index contributed by atoms with van der Waals surface area (Å²) < 4.78 is 13.4. The molecule has 0 saturated heterocycles. The zero-order valence-corrected chi connectivity index (χ0v) is 21.0. The van der Waals surface area contributed by atoms with E-state index in [-0.39, 0.29) is 12.2 Å². The second-order valence-electron chi connectivity index (χ2n) is 9.21. The predicted octanol–water partition coefficient (Wildman–Crippen LogP) is 4.44. The van der Waals surface area contributed by atoms with Gasteiger partial charge in [0.05, 0.1) is 0 Å². The number of benzene rings is 1. The average Bonchev–Trinajstić information content (AvgIpc) is 3.53. The Kier molecular flexibility index (Phi) is 6.32. The van der Waals surface area contributed by atoms with Crippen LogP contribution < -0.4 is 20.5 Å². The van der Waals surface area contributed by atoms with Crippen LogP contribution in [0.2, 0.25) is 0 Å². The van der Waals surface area contributed by atoms with E-state index >= 15 is 0 Å². The van der Waals surface area contributed by atoms with Crippen LogP contribution in [-0.4, -0.2) is 44.4 Å². The normalized spacial score (nSPS) is 13.1. The van der Waals surface area contributed by atoms with Gasteiger partial charge in [-0.25, -0.2) is 19.9 Å². The van der Waals surface area contributed by atoms with E-state index in [0.29, 0.717) is 11.3 Å². The highest BCUT2D eigenvalue weighted by molar-refractivity contribution is 7.99. The van der Waals surface area contributed by atoms with Crippen molar-refractivity contribution in [1.29, 1.82) is 0 Å². The minimum absolute atomic E-state index is 0.215. The van der Waals surface area contributed by atoms with Crippen LogP contribution in [0, 0.1) is 5.41 Å². The topological polar surface area (TPSA) is 113 Å². The van der Waals surface area contributed by atoms with E-state index in [0.717, 1.165) is 63.8 Å². The Morgan fingerprint density at radius 2 is 2.00 bits per heavy atom. The van der Waals surface area contributed by atoms with Crippen LogP contribution in [0.4, 0.5) is 5.82 Å². The number of imidazole rings is 1. The van der Waals surface area contributed by atoms with Crippen LogP contribution in [0.25, 0.3) is 21.7 Å². The first kappa shape index (κ1) is 22.9. The fourth-order valence-electron chi connectivity index (χ4n) is 3.67. The summed E-state index contributed by atoms with van der Waals surface area (Å²) in [6, 6.07) is 3.98. The molecule has 0 saturated carbocycles. The van der Waals surface area contributed by atoms with Crippen molar-refractivity contribution in [2.45, 2.75) is 43.8 Å². The summed E-state index contributed by atoms with van der Waals surface area (Å²) in [4.78, 5) is 19.0. The Bertz CT molecular complexity index is 1300. The van der Waals surface area contributed by atoms with Gasteiger partial charge in [-0.2, -0.15) is 0 Å². The molecule has 0 bridgehead atoms. The summed E-state index contributed by atoms with van der Waals surface area (Å²) >= 11 is 3.13. The van der Waals surface area contributed by atoms with Gasteiger partial charge in [-0.15, -0.1) is 11.3 Å². The Morgan fingerprint density at radius 3 is 2.76 bits per heavy atom. The largest absolute Gasteiger partial charge is 0.454 e. The third kappa shape index (κ3) is 4.82. The fourth-order valence-corrected chi connectivity index (χ4v) is 5.45. The number of nitrogens with one attached hydrogen (secondary N) is 1. The van der Waals surface area contributed by atoms with Crippen LogP contribution in [0.1, 0.15) is 27.2 Å². The Hall–Kier alpha value is -2.89. The molecule has 3 N–H and O–H groups in total. The van der Waals surface area contributed by atoms with Crippen LogP contribution in [0.5, 0.6) is 11.5 Å². The molecule has 3 aromatic heterocycles. The molecule has 0 spiro atoms. The molecule has 0 amide bonds. The van der Waals surface area contributed by atoms with Crippen molar-refractivity contribution in [2.75, 3.05) is 25.6 Å². The Balaban J connectivity index is 1.47. The van der Waals surface area contributed by atoms with Gasteiger partial charge in [0.1, 0.15) is 11.3 Å². The number of nitrogens with two attached hydrogens (primary N) is 1. The lowest BCUT2D eigenvalue weighted by Crippen LogP contribution is -2.28. The molecule has 0 aliphatic carbocycles. The third-order valence-corrected chi connectivity index (χ3v) is 7.11. The van der Waals surface area contributed by atoms with Gasteiger partial charge in [-0.3, -0.25) is 0 Å². The second-order valence-corrected chi connectivity index (χ2v) is 11.1. The molecule has 0 unspecified atom stereocenters. The van der Waals surface area contributed by atoms with E-state index in [1.807, 2.05) is 17.5 Å². The van der Waals surface area contributed by atoms with E-state index in [4.69, 9.17) is 20.2 Å². The number of nitrogen functional groups attached to an aromatic ring is 1. The molecule has 5 rings (SSSR count). The SMILES string of the molecule is CC(C)(C)CNCCCn1c(Sc2cc3c(cc2-c2nccs2)OCO3)nc2c(N)ncnc21. The van der Waals surface area contributed by atoms with Gasteiger partial charge in [-0.05, 0) is 37.1 Å². The summed E-state index contributed by atoms with van der Waals surface area (Å²) in [6.07, 6.45) is 4.22. The molecule has 1 aromatic carbocycles. The molecular formula is C23H27N7O2S2. The van der Waals surface area contributed by atoms with Crippen LogP contribution in [-0.2, 0) is 6.54 Å². The van der Waals surface area contributed by atoms with Gasteiger partial charge < -0.3 is 25.1 Å². The van der Waals surface area contributed by atoms with E-state index < -0.39 is 0 Å². The average molecular weight is 498 g/mol. The van der Waals surface area contributed by atoms with Crippen molar-refractivity contribution in [3.05, 3.63) is 30.0 Å². The molecule has 4 aromatic rings. The number of aromatic nitrogens is 5. The minimum Gasteiger partial charge on any atom is -0.454 e. The van der Waals surface area contributed by atoms with Gasteiger partial charge in [0.15, 0.2) is 33.6 Å². The fraction of sp³-hybridized carbons (Fsp3) is 0.391. The van der Waals surface area contributed by atoms with E-state index in [1.54, 1.807) is 29.3 Å². The quantitative estimate of drug-likeness (QED) is 0.341. The van der Waals surface area contributed by atoms with E-state index in [1.165, 1.54) is 6.33 Å². The predicted molar refractivity (Wildman–Crippen MR) is 134 cm³/mol. The molecule has 0 radical (unpaired) electrons. The number of hydrogen-bond donors (Lipinski definition) is 2. The monoisotopic (exact) mass is 497 g/mol. The molecule has 0 fully saturated rings. The highest BCUT2D eigenvalue weighted by Gasteiger charge is 2.23. The number of fused-ring (bicyclic) bond motifs is 2. The lowest BCUT2D eigenvalue weighted by molar-refractivity contribution is 0.174. The molecule has 0 atom stereocenters. The van der Waals surface area contributed by atoms with Gasteiger partial charge in [-0.1, -0.05) is 32.5 Å². The number of hydrogen-bond acceptors (Lipinski definition) is 10. The van der Waals surface area contributed by atoms with E-state index in [2.05, 4.69) is 45.6 Å². The first-order valence-corrected chi connectivity index (χ1v) is 12.8. The second kappa shape index (κ2) is 9.40. The van der Waals surface area contributed by atoms with Crippen molar-refractivity contribution < 1.29 is 9.47 Å². The van der Waals surface area contributed by atoms with Crippen molar-refractivity contribution in [3.63, 3.8) is 0 Å². The smallest absolute Gasteiger partial charge is 0.231 e. The summed E-state index contributed by atoms with van der Waals surface area (Å²) in [6.45, 7) is 9.50. The Morgan fingerprint density at radius 1 is 1.18 bits per heavy atom. The van der Waals surface area contributed by atoms with Crippen molar-refractivity contribution in [3.8, 4) is 22.1 Å². The minimum atomic E-state index is 0.215. The van der Waals surface area contributed by atoms with Crippen LogP contribution in [0.3, 0.4) is 0 Å². The zero-order chi connectivity index (χ0) is 23.7. The molecular weight excluding hydrogens is 470 g/mol. The Labute approximate surface area is 206 Å². The summed E-state index contributed by atoms with van der Waals surface area (Å²) in [5.41, 5.74) is 8.72. The molecule has 9 nitrogen and oxygen atoms in total. The maximum atomic E-state index is 6.14. The number of rotatable bonds is 8. The van der Waals surface area contributed by atoms with Gasteiger partial charge >= 0.3 is 0 Å². The number of nitrogens with zero attached hydrogens (tertiary/aromatic N) is 5. The van der Waals surface area contributed by atoms with Gasteiger partial charge in [0.2, 0.25) is 6.79 Å². The van der Waals surface area contributed by atoms with Crippen LogP contribution >= 0.6 is 23.1 Å². The maximum absolute atomic E-state index is 6.14. The number of anilines is 1. The maximum Gasteiger partial charge on any atom is 0.231 e. The highest BCUT2D eigenvalue weighted by Crippen LogP contribution is 2.45. The molecule has 1 aliphatic heterocycles. The number of ether oxygens (including phenoxy) is 2. The lowest BCUT2D eigenvalue weighted by Gasteiger charge is -2.19. The van der Waals surface area contributed by atoms with Gasteiger partial charge in [0.25, 0.3) is 0 Å².